The van der Waals surface area contributed by atoms with E-state index in [1.54, 1.807) is 36.4 Å². The highest BCUT2D eigenvalue weighted by molar-refractivity contribution is 5.63. The fourth-order valence-corrected chi connectivity index (χ4v) is 3.24. The van der Waals surface area contributed by atoms with Crippen LogP contribution in [-0.2, 0) is 12.6 Å². The lowest BCUT2D eigenvalue weighted by molar-refractivity contribution is -0.137. The molecule has 0 aliphatic heterocycles. The number of aromatic nitrogens is 2. The van der Waals surface area contributed by atoms with Crippen molar-refractivity contribution < 1.29 is 17.9 Å². The number of benzene rings is 2. The van der Waals surface area contributed by atoms with Gasteiger partial charge in [-0.25, -0.2) is 4.98 Å². The van der Waals surface area contributed by atoms with Crippen LogP contribution in [0.5, 0.6) is 5.75 Å². The molecule has 0 atom stereocenters. The molecule has 182 valence electrons. The topological polar surface area (TPSA) is 59.1 Å². The number of aryl methyl sites for hydroxylation is 1. The molecule has 0 spiro atoms. The molecule has 34 heavy (non-hydrogen) atoms. The summed E-state index contributed by atoms with van der Waals surface area (Å²) in [5.41, 5.74) is 1.39. The lowest BCUT2D eigenvalue weighted by Crippen LogP contribution is -2.12. The van der Waals surface area contributed by atoms with Gasteiger partial charge in [0.25, 0.3) is 0 Å². The fraction of sp³-hybridized carbons (Fsp3) is 0.385. The summed E-state index contributed by atoms with van der Waals surface area (Å²) >= 11 is 0. The molecule has 0 bridgehead atoms. The number of halogens is 3. The number of rotatable bonds is 11. The third-order valence-corrected chi connectivity index (χ3v) is 5.07. The number of hydrogen-bond donors (Lipinski definition) is 2. The summed E-state index contributed by atoms with van der Waals surface area (Å²) in [5.74, 6) is 0.873. The van der Waals surface area contributed by atoms with E-state index < -0.39 is 11.7 Å². The van der Waals surface area contributed by atoms with Crippen LogP contribution < -0.4 is 15.4 Å². The van der Waals surface area contributed by atoms with Crippen molar-refractivity contribution in [1.82, 2.24) is 9.97 Å². The molecule has 0 fully saturated rings. The van der Waals surface area contributed by atoms with Crippen LogP contribution in [0.4, 0.5) is 36.3 Å². The van der Waals surface area contributed by atoms with E-state index in [2.05, 4.69) is 41.4 Å². The second kappa shape index (κ2) is 11.7. The predicted molar refractivity (Wildman–Crippen MR) is 130 cm³/mol. The van der Waals surface area contributed by atoms with Crippen molar-refractivity contribution in [3.63, 3.8) is 0 Å². The molecule has 5 nitrogen and oxygen atoms in total. The average molecular weight is 473 g/mol. The first-order chi connectivity index (χ1) is 16.2. The predicted octanol–water partition coefficient (Wildman–Crippen LogP) is 7.75. The van der Waals surface area contributed by atoms with Crippen molar-refractivity contribution in [2.24, 2.45) is 5.92 Å². The molecule has 3 rings (SSSR count). The third kappa shape index (κ3) is 7.64. The van der Waals surface area contributed by atoms with Gasteiger partial charge in [0.1, 0.15) is 17.1 Å². The molecule has 8 heteroatoms. The normalized spacial score (nSPS) is 11.5. The molecule has 0 radical (unpaired) electrons. The molecule has 3 aromatic rings. The Morgan fingerprint density at radius 1 is 0.912 bits per heavy atom. The van der Waals surface area contributed by atoms with Crippen LogP contribution in [0.15, 0.2) is 54.7 Å². The number of nitrogens with one attached hydrogen (secondary N) is 2. The molecule has 0 amide bonds. The highest BCUT2D eigenvalue weighted by Crippen LogP contribution is 2.35. The Morgan fingerprint density at radius 2 is 1.56 bits per heavy atom. The number of unbranched alkanes of at least 4 members (excludes halogenated alkanes) is 2. The molecular weight excluding hydrogens is 441 g/mol. The van der Waals surface area contributed by atoms with Crippen molar-refractivity contribution >= 4 is 23.1 Å². The summed E-state index contributed by atoms with van der Waals surface area (Å²) in [7, 11) is 0. The summed E-state index contributed by atoms with van der Waals surface area (Å²) in [6.07, 6.45) is 0.532. The second-order valence-corrected chi connectivity index (χ2v) is 8.59. The standard InChI is InChI=1S/C26H31F3N4O/c1-4-5-6-7-19-8-10-20(11-9-19)31-24-23(26(27,28)29)16-30-25(33-24)32-21-12-14-22(15-13-21)34-17-18(2)3/h8-16,18H,4-7,17H2,1-3H3,(H2,30,31,32,33). The van der Waals surface area contributed by atoms with Crippen molar-refractivity contribution in [3.8, 4) is 5.75 Å². The van der Waals surface area contributed by atoms with Crippen molar-refractivity contribution in [3.05, 3.63) is 65.9 Å². The van der Waals surface area contributed by atoms with Crippen molar-refractivity contribution in [2.75, 3.05) is 17.2 Å². The molecular formula is C26H31F3N4O. The van der Waals surface area contributed by atoms with Gasteiger partial charge in [-0.15, -0.1) is 0 Å². The summed E-state index contributed by atoms with van der Waals surface area (Å²) < 4.78 is 46.4. The van der Waals surface area contributed by atoms with Crippen molar-refractivity contribution in [1.29, 1.82) is 0 Å². The zero-order valence-electron chi connectivity index (χ0n) is 19.7. The van der Waals surface area contributed by atoms with E-state index in [0.29, 0.717) is 29.6 Å². The lowest BCUT2D eigenvalue weighted by Gasteiger charge is -2.15. The number of alkyl halides is 3. The molecule has 1 heterocycles. The monoisotopic (exact) mass is 472 g/mol. The summed E-state index contributed by atoms with van der Waals surface area (Å²) in [6, 6.07) is 14.5. The Balaban J connectivity index is 1.75. The Bertz CT molecular complexity index is 1040. The minimum absolute atomic E-state index is 0.0579. The average Bonchev–Trinajstić information content (AvgIpc) is 2.79. The summed E-state index contributed by atoms with van der Waals surface area (Å²) in [5, 5.41) is 5.76. The maximum absolute atomic E-state index is 13.6. The number of ether oxygens (including phenoxy) is 1. The Labute approximate surface area is 198 Å². The molecule has 0 aliphatic carbocycles. The molecule has 1 aromatic heterocycles. The van der Waals surface area contributed by atoms with Gasteiger partial charge in [0.05, 0.1) is 6.61 Å². The van der Waals surface area contributed by atoms with E-state index >= 15 is 0 Å². The van der Waals surface area contributed by atoms with Crippen LogP contribution >= 0.6 is 0 Å². The molecule has 0 saturated carbocycles. The van der Waals surface area contributed by atoms with Crippen molar-refractivity contribution in [2.45, 2.75) is 52.6 Å². The molecule has 0 saturated heterocycles. The number of anilines is 4. The Morgan fingerprint density at radius 3 is 2.18 bits per heavy atom. The minimum Gasteiger partial charge on any atom is -0.493 e. The van der Waals surface area contributed by atoms with Gasteiger partial charge in [-0.1, -0.05) is 45.7 Å². The van der Waals surface area contributed by atoms with Gasteiger partial charge in [0.15, 0.2) is 0 Å². The quantitative estimate of drug-likeness (QED) is 0.279. The second-order valence-electron chi connectivity index (χ2n) is 8.59. The highest BCUT2D eigenvalue weighted by atomic mass is 19.4. The number of hydrogen-bond acceptors (Lipinski definition) is 5. The molecule has 2 aromatic carbocycles. The van der Waals surface area contributed by atoms with E-state index in [4.69, 9.17) is 4.74 Å². The van der Waals surface area contributed by atoms with Crippen LogP contribution in [0, 0.1) is 5.92 Å². The van der Waals surface area contributed by atoms with E-state index in [9.17, 15) is 13.2 Å². The first-order valence-corrected chi connectivity index (χ1v) is 11.5. The molecule has 0 aliphatic rings. The largest absolute Gasteiger partial charge is 0.493 e. The maximum atomic E-state index is 13.6. The Hall–Kier alpha value is -3.29. The zero-order valence-corrected chi connectivity index (χ0v) is 19.7. The highest BCUT2D eigenvalue weighted by Gasteiger charge is 2.35. The van der Waals surface area contributed by atoms with Crippen LogP contribution in [0.1, 0.15) is 51.2 Å². The number of nitrogens with zero attached hydrogens (tertiary/aromatic N) is 2. The van der Waals surface area contributed by atoms with Gasteiger partial charge in [0, 0.05) is 17.6 Å². The van der Waals surface area contributed by atoms with Gasteiger partial charge < -0.3 is 15.4 Å². The van der Waals surface area contributed by atoms with E-state index in [1.807, 2.05) is 12.1 Å². The first kappa shape index (κ1) is 25.3. The molecule has 2 N–H and O–H groups in total. The van der Waals surface area contributed by atoms with Crippen LogP contribution in [-0.4, -0.2) is 16.6 Å². The van der Waals surface area contributed by atoms with E-state index in [-0.39, 0.29) is 11.8 Å². The lowest BCUT2D eigenvalue weighted by atomic mass is 10.1. The van der Waals surface area contributed by atoms with Crippen LogP contribution in [0.3, 0.4) is 0 Å². The van der Waals surface area contributed by atoms with Crippen LogP contribution in [0.2, 0.25) is 0 Å². The minimum atomic E-state index is -4.59. The van der Waals surface area contributed by atoms with Gasteiger partial charge in [-0.3, -0.25) is 0 Å². The van der Waals surface area contributed by atoms with E-state index in [0.717, 1.165) is 37.4 Å². The summed E-state index contributed by atoms with van der Waals surface area (Å²) in [6.45, 7) is 6.87. The summed E-state index contributed by atoms with van der Waals surface area (Å²) in [4.78, 5) is 7.98. The van der Waals surface area contributed by atoms with Gasteiger partial charge in [0.2, 0.25) is 5.95 Å². The zero-order chi connectivity index (χ0) is 24.6. The first-order valence-electron chi connectivity index (χ1n) is 11.5. The third-order valence-electron chi connectivity index (χ3n) is 5.07. The smallest absolute Gasteiger partial charge is 0.421 e. The maximum Gasteiger partial charge on any atom is 0.421 e. The van der Waals surface area contributed by atoms with E-state index in [1.165, 1.54) is 0 Å². The SMILES string of the molecule is CCCCCc1ccc(Nc2nc(Nc3ccc(OCC(C)C)cc3)ncc2C(F)(F)F)cc1. The van der Waals surface area contributed by atoms with Gasteiger partial charge in [-0.05, 0) is 60.7 Å². The fourth-order valence-electron chi connectivity index (χ4n) is 3.24. The Kier molecular flexibility index (Phi) is 8.73. The van der Waals surface area contributed by atoms with Gasteiger partial charge in [-0.2, -0.15) is 18.2 Å². The molecule has 0 unspecified atom stereocenters. The van der Waals surface area contributed by atoms with Gasteiger partial charge >= 0.3 is 6.18 Å². The van der Waals surface area contributed by atoms with Crippen LogP contribution in [0.25, 0.3) is 0 Å².